The first-order valence-electron chi connectivity index (χ1n) is 7.19. The van der Waals surface area contributed by atoms with E-state index >= 15 is 0 Å². The molecule has 18 heavy (non-hydrogen) atoms. The second kappa shape index (κ2) is 6.39. The number of rotatable bonds is 5. The highest BCUT2D eigenvalue weighted by Crippen LogP contribution is 2.15. The van der Waals surface area contributed by atoms with Gasteiger partial charge in [0.2, 0.25) is 0 Å². The molecule has 0 aromatic carbocycles. The third-order valence-corrected chi connectivity index (χ3v) is 3.81. The molecule has 2 rings (SSSR count). The van der Waals surface area contributed by atoms with Crippen molar-refractivity contribution >= 4 is 0 Å². The normalized spacial score (nSPS) is 18.7. The van der Waals surface area contributed by atoms with Crippen molar-refractivity contribution in [2.45, 2.75) is 52.3 Å². The van der Waals surface area contributed by atoms with Gasteiger partial charge in [0.1, 0.15) is 0 Å². The van der Waals surface area contributed by atoms with E-state index in [1.54, 1.807) is 0 Å². The molecule has 1 fully saturated rings. The van der Waals surface area contributed by atoms with Crippen molar-refractivity contribution in [2.24, 2.45) is 5.92 Å². The Morgan fingerprint density at radius 1 is 1.33 bits per heavy atom. The fraction of sp³-hybridized carbons (Fsp3) is 0.733. The largest absolute Gasteiger partial charge is 0.393 e. The second-order valence-electron chi connectivity index (χ2n) is 5.88. The fourth-order valence-electron chi connectivity index (χ4n) is 2.51. The maximum atomic E-state index is 9.52. The van der Waals surface area contributed by atoms with Crippen LogP contribution in [-0.4, -0.2) is 33.8 Å². The topological polar surface area (TPSA) is 28.4 Å². The minimum absolute atomic E-state index is 0.0750. The van der Waals surface area contributed by atoms with Crippen LogP contribution in [0.3, 0.4) is 0 Å². The maximum absolute atomic E-state index is 9.52. The van der Waals surface area contributed by atoms with Gasteiger partial charge in [0.25, 0.3) is 0 Å². The first-order valence-corrected chi connectivity index (χ1v) is 7.19. The molecule has 0 spiro atoms. The maximum Gasteiger partial charge on any atom is 0.0564 e. The Kier molecular flexibility index (Phi) is 4.84. The summed E-state index contributed by atoms with van der Waals surface area (Å²) in [5.74, 6) is 0.755. The standard InChI is InChI=1S/C15H26N2O/c1-13(2)5-11-17-8-3-4-14(17)12-16-9-6-15(18)7-10-16/h3-4,8,13,15,18H,5-7,9-12H2,1-2H3. The minimum atomic E-state index is -0.0750. The fourth-order valence-corrected chi connectivity index (χ4v) is 2.51. The zero-order valence-electron chi connectivity index (χ0n) is 11.7. The molecule has 0 amide bonds. The summed E-state index contributed by atoms with van der Waals surface area (Å²) < 4.78 is 2.38. The van der Waals surface area contributed by atoms with Gasteiger partial charge in [0.15, 0.2) is 0 Å². The summed E-state index contributed by atoms with van der Waals surface area (Å²) in [6.45, 7) is 8.74. The lowest BCUT2D eigenvalue weighted by atomic mass is 10.1. The lowest BCUT2D eigenvalue weighted by Crippen LogP contribution is -2.35. The van der Waals surface area contributed by atoms with Gasteiger partial charge in [0, 0.05) is 38.1 Å². The number of nitrogens with zero attached hydrogens (tertiary/aromatic N) is 2. The first-order chi connectivity index (χ1) is 8.65. The number of aryl methyl sites for hydroxylation is 1. The van der Waals surface area contributed by atoms with Crippen LogP contribution in [0.2, 0.25) is 0 Å². The van der Waals surface area contributed by atoms with E-state index in [0.29, 0.717) is 0 Å². The molecule has 102 valence electrons. The molecule has 0 aliphatic carbocycles. The van der Waals surface area contributed by atoms with Crippen molar-refractivity contribution in [3.8, 4) is 0 Å². The van der Waals surface area contributed by atoms with Crippen molar-refractivity contribution in [1.29, 1.82) is 0 Å². The Hall–Kier alpha value is -0.800. The third kappa shape index (κ3) is 3.85. The summed E-state index contributed by atoms with van der Waals surface area (Å²) >= 11 is 0. The highest BCUT2D eigenvalue weighted by Gasteiger charge is 2.17. The van der Waals surface area contributed by atoms with Crippen LogP contribution in [0.15, 0.2) is 18.3 Å². The molecule has 0 saturated carbocycles. The molecule has 1 saturated heterocycles. The zero-order valence-corrected chi connectivity index (χ0v) is 11.7. The van der Waals surface area contributed by atoms with E-state index in [9.17, 15) is 5.11 Å². The summed E-state index contributed by atoms with van der Waals surface area (Å²) in [4.78, 5) is 2.45. The Labute approximate surface area is 110 Å². The van der Waals surface area contributed by atoms with Gasteiger partial charge >= 0.3 is 0 Å². The second-order valence-corrected chi connectivity index (χ2v) is 5.88. The Bertz CT molecular complexity index is 351. The molecule has 1 aliphatic rings. The highest BCUT2D eigenvalue weighted by molar-refractivity contribution is 5.07. The number of aromatic nitrogens is 1. The van der Waals surface area contributed by atoms with Crippen molar-refractivity contribution < 1.29 is 5.11 Å². The van der Waals surface area contributed by atoms with Crippen LogP contribution in [0.4, 0.5) is 0 Å². The SMILES string of the molecule is CC(C)CCn1cccc1CN1CCC(O)CC1. The Morgan fingerprint density at radius 3 is 2.72 bits per heavy atom. The number of hydrogen-bond donors (Lipinski definition) is 1. The van der Waals surface area contributed by atoms with Crippen LogP contribution < -0.4 is 0 Å². The molecule has 1 N–H and O–H groups in total. The molecule has 0 atom stereocenters. The van der Waals surface area contributed by atoms with E-state index in [1.807, 2.05) is 0 Å². The summed E-state index contributed by atoms with van der Waals surface area (Å²) in [5, 5.41) is 9.52. The van der Waals surface area contributed by atoms with Crippen LogP contribution in [-0.2, 0) is 13.1 Å². The quantitative estimate of drug-likeness (QED) is 0.869. The molecule has 1 aromatic heterocycles. The van der Waals surface area contributed by atoms with Crippen LogP contribution in [0.25, 0.3) is 0 Å². The molecular formula is C15H26N2O. The van der Waals surface area contributed by atoms with Crippen molar-refractivity contribution in [3.63, 3.8) is 0 Å². The molecule has 0 unspecified atom stereocenters. The van der Waals surface area contributed by atoms with Gasteiger partial charge < -0.3 is 9.67 Å². The predicted molar refractivity (Wildman–Crippen MR) is 74.4 cm³/mol. The van der Waals surface area contributed by atoms with Gasteiger partial charge in [-0.25, -0.2) is 0 Å². The van der Waals surface area contributed by atoms with Gasteiger partial charge in [-0.15, -0.1) is 0 Å². The van der Waals surface area contributed by atoms with E-state index in [2.05, 4.69) is 41.6 Å². The van der Waals surface area contributed by atoms with Gasteiger partial charge in [-0.3, -0.25) is 4.90 Å². The number of aliphatic hydroxyl groups is 1. The van der Waals surface area contributed by atoms with Gasteiger partial charge in [-0.1, -0.05) is 13.8 Å². The van der Waals surface area contributed by atoms with E-state index in [-0.39, 0.29) is 6.10 Å². The lowest BCUT2D eigenvalue weighted by Gasteiger charge is -2.29. The average molecular weight is 250 g/mol. The predicted octanol–water partition coefficient (Wildman–Crippen LogP) is 2.49. The lowest BCUT2D eigenvalue weighted by molar-refractivity contribution is 0.0781. The summed E-state index contributed by atoms with van der Waals surface area (Å²) in [7, 11) is 0. The third-order valence-electron chi connectivity index (χ3n) is 3.81. The van der Waals surface area contributed by atoms with Gasteiger partial charge in [0.05, 0.1) is 6.10 Å². The average Bonchev–Trinajstić information content (AvgIpc) is 2.77. The van der Waals surface area contributed by atoms with Crippen LogP contribution in [0, 0.1) is 5.92 Å². The molecule has 2 heterocycles. The van der Waals surface area contributed by atoms with E-state index in [0.717, 1.165) is 44.9 Å². The van der Waals surface area contributed by atoms with Crippen LogP contribution in [0.5, 0.6) is 0 Å². The molecule has 1 aliphatic heterocycles. The first kappa shape index (κ1) is 13.6. The summed E-state index contributed by atoms with van der Waals surface area (Å²) in [6, 6.07) is 4.37. The van der Waals surface area contributed by atoms with E-state index in [4.69, 9.17) is 0 Å². The number of piperidine rings is 1. The highest BCUT2D eigenvalue weighted by atomic mass is 16.3. The molecular weight excluding hydrogens is 224 g/mol. The van der Waals surface area contributed by atoms with E-state index in [1.165, 1.54) is 12.1 Å². The zero-order chi connectivity index (χ0) is 13.0. The van der Waals surface area contributed by atoms with Crippen LogP contribution in [0.1, 0.15) is 38.8 Å². The van der Waals surface area contributed by atoms with E-state index < -0.39 is 0 Å². The number of aliphatic hydroxyl groups excluding tert-OH is 1. The van der Waals surface area contributed by atoms with Gasteiger partial charge in [-0.05, 0) is 37.3 Å². The van der Waals surface area contributed by atoms with Gasteiger partial charge in [-0.2, -0.15) is 0 Å². The van der Waals surface area contributed by atoms with Crippen molar-refractivity contribution in [2.75, 3.05) is 13.1 Å². The monoisotopic (exact) mass is 250 g/mol. The number of hydrogen-bond acceptors (Lipinski definition) is 2. The Morgan fingerprint density at radius 2 is 2.06 bits per heavy atom. The van der Waals surface area contributed by atoms with Crippen LogP contribution >= 0.6 is 0 Å². The van der Waals surface area contributed by atoms with Crippen molar-refractivity contribution in [1.82, 2.24) is 9.47 Å². The van der Waals surface area contributed by atoms with Crippen molar-refractivity contribution in [3.05, 3.63) is 24.0 Å². The minimum Gasteiger partial charge on any atom is -0.393 e. The Balaban J connectivity index is 1.87. The smallest absolute Gasteiger partial charge is 0.0564 e. The number of likely N-dealkylation sites (tertiary alicyclic amines) is 1. The molecule has 3 nitrogen and oxygen atoms in total. The summed E-state index contributed by atoms with van der Waals surface area (Å²) in [5.41, 5.74) is 1.41. The molecule has 0 radical (unpaired) electrons. The summed E-state index contributed by atoms with van der Waals surface area (Å²) in [6.07, 6.45) is 5.20. The molecule has 3 heteroatoms. The molecule has 1 aromatic rings. The molecule has 0 bridgehead atoms.